The van der Waals surface area contributed by atoms with Gasteiger partial charge in [0, 0.05) is 28.9 Å². The summed E-state index contributed by atoms with van der Waals surface area (Å²) < 4.78 is 18.4. The Kier molecular flexibility index (Phi) is 7.20. The standard InChI is InChI=1S/C22H17FN4O5/c23-17-8-10-18(11-9-17)25-21(28)14-32-20-7-2-1-4-16(20)13-24-26-22(29)15-5-3-6-19(12-15)27(30)31/h1-13H,14H2,(H,25,28)(H,26,29). The average molecular weight is 436 g/mol. The van der Waals surface area contributed by atoms with Crippen LogP contribution in [-0.4, -0.2) is 29.6 Å². The van der Waals surface area contributed by atoms with Crippen LogP contribution in [0, 0.1) is 15.9 Å². The third-order valence-corrected chi connectivity index (χ3v) is 4.09. The molecule has 0 atom stereocenters. The summed E-state index contributed by atoms with van der Waals surface area (Å²) in [5, 5.41) is 17.2. The van der Waals surface area contributed by atoms with E-state index in [0.717, 1.165) is 6.07 Å². The summed E-state index contributed by atoms with van der Waals surface area (Å²) in [5.74, 6) is -1.13. The van der Waals surface area contributed by atoms with Crippen LogP contribution in [0.5, 0.6) is 5.75 Å². The Morgan fingerprint density at radius 3 is 2.56 bits per heavy atom. The first kappa shape index (κ1) is 22.1. The largest absolute Gasteiger partial charge is 0.483 e. The maximum absolute atomic E-state index is 12.9. The maximum atomic E-state index is 12.9. The van der Waals surface area contributed by atoms with Gasteiger partial charge in [-0.3, -0.25) is 19.7 Å². The Bertz CT molecular complexity index is 1160. The number of carbonyl (C=O) groups is 2. The molecule has 0 unspecified atom stereocenters. The van der Waals surface area contributed by atoms with Gasteiger partial charge < -0.3 is 10.1 Å². The van der Waals surface area contributed by atoms with Crippen molar-refractivity contribution in [2.75, 3.05) is 11.9 Å². The molecule has 2 N–H and O–H groups in total. The molecule has 0 bridgehead atoms. The zero-order valence-corrected chi connectivity index (χ0v) is 16.5. The summed E-state index contributed by atoms with van der Waals surface area (Å²) in [7, 11) is 0. The van der Waals surface area contributed by atoms with Crippen molar-refractivity contribution in [2.45, 2.75) is 0 Å². The molecule has 3 aromatic rings. The van der Waals surface area contributed by atoms with Crippen LogP contribution in [0.1, 0.15) is 15.9 Å². The number of hydrogen-bond acceptors (Lipinski definition) is 6. The zero-order valence-electron chi connectivity index (χ0n) is 16.5. The number of nitrogens with zero attached hydrogens (tertiary/aromatic N) is 2. The number of benzene rings is 3. The summed E-state index contributed by atoms with van der Waals surface area (Å²) >= 11 is 0. The predicted octanol–water partition coefficient (Wildman–Crippen LogP) is 3.52. The lowest BCUT2D eigenvalue weighted by Gasteiger charge is -2.09. The highest BCUT2D eigenvalue weighted by Gasteiger charge is 2.11. The van der Waals surface area contributed by atoms with Gasteiger partial charge in [-0.2, -0.15) is 5.10 Å². The predicted molar refractivity (Wildman–Crippen MR) is 115 cm³/mol. The van der Waals surface area contributed by atoms with E-state index in [0.29, 0.717) is 17.0 Å². The normalized spacial score (nSPS) is 10.5. The minimum absolute atomic E-state index is 0.0818. The van der Waals surface area contributed by atoms with Crippen LogP contribution >= 0.6 is 0 Å². The van der Waals surface area contributed by atoms with Gasteiger partial charge in [-0.15, -0.1) is 0 Å². The molecule has 2 amide bonds. The van der Waals surface area contributed by atoms with E-state index in [9.17, 15) is 24.1 Å². The van der Waals surface area contributed by atoms with Gasteiger partial charge in [-0.1, -0.05) is 18.2 Å². The third-order valence-electron chi connectivity index (χ3n) is 4.09. The topological polar surface area (TPSA) is 123 Å². The fraction of sp³-hybridized carbons (Fsp3) is 0.0455. The first-order chi connectivity index (χ1) is 15.4. The molecular formula is C22H17FN4O5. The highest BCUT2D eigenvalue weighted by Crippen LogP contribution is 2.16. The second-order valence-electron chi connectivity index (χ2n) is 6.39. The van der Waals surface area contributed by atoms with Gasteiger partial charge in [0.15, 0.2) is 6.61 Å². The minimum Gasteiger partial charge on any atom is -0.483 e. The summed E-state index contributed by atoms with van der Waals surface area (Å²) in [5.41, 5.74) is 3.07. The SMILES string of the molecule is O=C(COc1ccccc1C=NNC(=O)c1cccc([N+](=O)[O-])c1)Nc1ccc(F)cc1. The number of carbonyl (C=O) groups excluding carboxylic acids is 2. The first-order valence-electron chi connectivity index (χ1n) is 9.27. The summed E-state index contributed by atoms with van der Waals surface area (Å²) in [6, 6.07) is 17.3. The van der Waals surface area contributed by atoms with Gasteiger partial charge in [-0.05, 0) is 42.5 Å². The van der Waals surface area contributed by atoms with E-state index in [1.807, 2.05) is 0 Å². The number of hydrogen-bond donors (Lipinski definition) is 2. The van der Waals surface area contributed by atoms with Crippen LogP contribution in [0.15, 0.2) is 77.9 Å². The second kappa shape index (κ2) is 10.4. The van der Waals surface area contributed by atoms with Crippen molar-refractivity contribution < 1.29 is 23.6 Å². The Balaban J connectivity index is 1.58. The molecule has 0 aromatic heterocycles. The van der Waals surface area contributed by atoms with Crippen LogP contribution in [0.4, 0.5) is 15.8 Å². The van der Waals surface area contributed by atoms with E-state index >= 15 is 0 Å². The van der Waals surface area contributed by atoms with Crippen LogP contribution in [-0.2, 0) is 4.79 Å². The number of nitro benzene ring substituents is 1. The van der Waals surface area contributed by atoms with Gasteiger partial charge in [0.2, 0.25) is 0 Å². The molecule has 9 nitrogen and oxygen atoms in total. The highest BCUT2D eigenvalue weighted by atomic mass is 19.1. The zero-order chi connectivity index (χ0) is 22.9. The third kappa shape index (κ3) is 6.20. The number of halogens is 1. The van der Waals surface area contributed by atoms with Gasteiger partial charge in [0.1, 0.15) is 11.6 Å². The number of ether oxygens (including phenoxy) is 1. The molecule has 0 spiro atoms. The second-order valence-corrected chi connectivity index (χ2v) is 6.39. The van der Waals surface area contributed by atoms with Crippen molar-refractivity contribution in [1.82, 2.24) is 5.43 Å². The van der Waals surface area contributed by atoms with Gasteiger partial charge in [-0.25, -0.2) is 9.82 Å². The lowest BCUT2D eigenvalue weighted by Crippen LogP contribution is -2.20. The van der Waals surface area contributed by atoms with Crippen molar-refractivity contribution in [3.63, 3.8) is 0 Å². The maximum Gasteiger partial charge on any atom is 0.271 e. The molecule has 0 aliphatic carbocycles. The molecule has 0 aliphatic heterocycles. The van der Waals surface area contributed by atoms with Crippen LogP contribution in [0.3, 0.4) is 0 Å². The number of hydrazone groups is 1. The molecule has 0 heterocycles. The van der Waals surface area contributed by atoms with Crippen LogP contribution in [0.2, 0.25) is 0 Å². The smallest absolute Gasteiger partial charge is 0.271 e. The van der Waals surface area contributed by atoms with Crippen molar-refractivity contribution in [3.8, 4) is 5.75 Å². The van der Waals surface area contributed by atoms with Crippen molar-refractivity contribution in [2.24, 2.45) is 5.10 Å². The number of anilines is 1. The van der Waals surface area contributed by atoms with Crippen molar-refractivity contribution >= 4 is 29.4 Å². The number of rotatable bonds is 8. The summed E-state index contributed by atoms with van der Waals surface area (Å²) in [4.78, 5) is 34.4. The first-order valence-corrected chi connectivity index (χ1v) is 9.27. The van der Waals surface area contributed by atoms with Crippen molar-refractivity contribution in [3.05, 3.63) is 99.9 Å². The molecule has 3 aromatic carbocycles. The average Bonchev–Trinajstić information content (AvgIpc) is 2.80. The lowest BCUT2D eigenvalue weighted by molar-refractivity contribution is -0.384. The fourth-order valence-corrected chi connectivity index (χ4v) is 2.58. The number of para-hydroxylation sites is 1. The van der Waals surface area contributed by atoms with Crippen LogP contribution < -0.4 is 15.5 Å². The van der Waals surface area contributed by atoms with E-state index in [1.54, 1.807) is 24.3 Å². The lowest BCUT2D eigenvalue weighted by atomic mass is 10.2. The van der Waals surface area contributed by atoms with Crippen LogP contribution in [0.25, 0.3) is 0 Å². The molecule has 0 aliphatic rings. The fourth-order valence-electron chi connectivity index (χ4n) is 2.58. The molecule has 0 radical (unpaired) electrons. The Hall–Kier alpha value is -4.60. The molecule has 162 valence electrons. The molecule has 10 heteroatoms. The Labute approximate surface area is 181 Å². The van der Waals surface area contributed by atoms with E-state index < -0.39 is 22.6 Å². The monoisotopic (exact) mass is 436 g/mol. The Morgan fingerprint density at radius 1 is 1.06 bits per heavy atom. The van der Waals surface area contributed by atoms with E-state index in [-0.39, 0.29) is 17.9 Å². The van der Waals surface area contributed by atoms with Gasteiger partial charge in [0.05, 0.1) is 11.1 Å². The Morgan fingerprint density at radius 2 is 1.81 bits per heavy atom. The molecule has 0 fully saturated rings. The number of nitrogens with one attached hydrogen (secondary N) is 2. The molecule has 3 rings (SSSR count). The number of non-ortho nitro benzene ring substituents is 1. The molecular weight excluding hydrogens is 419 g/mol. The van der Waals surface area contributed by atoms with E-state index in [1.165, 1.54) is 48.7 Å². The minimum atomic E-state index is -0.623. The van der Waals surface area contributed by atoms with E-state index in [2.05, 4.69) is 15.8 Å². The van der Waals surface area contributed by atoms with Gasteiger partial charge >= 0.3 is 0 Å². The van der Waals surface area contributed by atoms with Gasteiger partial charge in [0.25, 0.3) is 17.5 Å². The quantitative estimate of drug-likeness (QED) is 0.318. The van der Waals surface area contributed by atoms with Crippen molar-refractivity contribution in [1.29, 1.82) is 0 Å². The van der Waals surface area contributed by atoms with E-state index in [4.69, 9.17) is 4.74 Å². The molecule has 0 saturated carbocycles. The molecule has 0 saturated heterocycles. The number of amides is 2. The number of nitro groups is 1. The summed E-state index contributed by atoms with van der Waals surface area (Å²) in [6.45, 7) is -0.303. The molecule has 32 heavy (non-hydrogen) atoms. The summed E-state index contributed by atoms with van der Waals surface area (Å²) in [6.07, 6.45) is 1.32. The highest BCUT2D eigenvalue weighted by molar-refractivity contribution is 5.95.